The summed E-state index contributed by atoms with van der Waals surface area (Å²) in [6.07, 6.45) is 0.558. The molecule has 0 radical (unpaired) electrons. The van der Waals surface area contributed by atoms with Gasteiger partial charge in [0, 0.05) is 19.3 Å². The van der Waals surface area contributed by atoms with Crippen LogP contribution < -0.4 is 5.73 Å². The average molecular weight is 221 g/mol. The number of carbonyl (C=O) groups is 1. The average Bonchev–Trinajstić information content (AvgIpc) is 2.28. The fraction of sp³-hybridized carbons (Fsp3) is 0.462. The molecule has 3 heteroatoms. The Bertz CT molecular complexity index is 374. The minimum Gasteiger partial charge on any atom is -0.385 e. The lowest BCUT2D eigenvalue weighted by Gasteiger charge is -2.13. The van der Waals surface area contributed by atoms with Crippen LogP contribution >= 0.6 is 0 Å². The standard InChI is InChI=1S/C13H19NO2/c1-9-5-4-6-11(10(9)2)13(15)12(14)7-8-16-3/h4-6,12H,7-8,14H2,1-3H3. The molecular formula is C13H19NO2. The second-order valence-electron chi connectivity index (χ2n) is 4.00. The van der Waals surface area contributed by atoms with E-state index < -0.39 is 6.04 Å². The van der Waals surface area contributed by atoms with E-state index in [0.29, 0.717) is 13.0 Å². The number of Topliss-reactive ketones (excluding diaryl/α,β-unsaturated/α-hetero) is 1. The van der Waals surface area contributed by atoms with Crippen LogP contribution in [-0.2, 0) is 4.74 Å². The van der Waals surface area contributed by atoms with Crippen molar-refractivity contribution in [3.05, 3.63) is 34.9 Å². The third kappa shape index (κ3) is 2.90. The first kappa shape index (κ1) is 12.9. The van der Waals surface area contributed by atoms with Gasteiger partial charge in [-0.05, 0) is 31.4 Å². The highest BCUT2D eigenvalue weighted by atomic mass is 16.5. The monoisotopic (exact) mass is 221 g/mol. The van der Waals surface area contributed by atoms with Crippen LogP contribution in [0.2, 0.25) is 0 Å². The number of ether oxygens (including phenoxy) is 1. The Morgan fingerprint density at radius 1 is 1.44 bits per heavy atom. The van der Waals surface area contributed by atoms with Crippen LogP contribution in [0.4, 0.5) is 0 Å². The lowest BCUT2D eigenvalue weighted by molar-refractivity contribution is 0.0934. The van der Waals surface area contributed by atoms with Crippen molar-refractivity contribution in [2.24, 2.45) is 5.73 Å². The van der Waals surface area contributed by atoms with E-state index in [2.05, 4.69) is 0 Å². The Morgan fingerprint density at radius 3 is 2.75 bits per heavy atom. The summed E-state index contributed by atoms with van der Waals surface area (Å²) in [5.74, 6) is -0.00162. The molecule has 1 atom stereocenters. The third-order valence-electron chi connectivity index (χ3n) is 2.84. The molecule has 2 N–H and O–H groups in total. The van der Waals surface area contributed by atoms with Gasteiger partial charge in [-0.2, -0.15) is 0 Å². The van der Waals surface area contributed by atoms with Gasteiger partial charge >= 0.3 is 0 Å². The second kappa shape index (κ2) is 5.77. The van der Waals surface area contributed by atoms with Gasteiger partial charge in [-0.1, -0.05) is 18.2 Å². The molecule has 1 unspecified atom stereocenters. The summed E-state index contributed by atoms with van der Waals surface area (Å²) in [6.45, 7) is 4.45. The lowest BCUT2D eigenvalue weighted by Crippen LogP contribution is -2.32. The summed E-state index contributed by atoms with van der Waals surface area (Å²) in [5, 5.41) is 0. The van der Waals surface area contributed by atoms with Crippen LogP contribution in [0.25, 0.3) is 0 Å². The molecule has 0 amide bonds. The molecule has 1 rings (SSSR count). The second-order valence-corrected chi connectivity index (χ2v) is 4.00. The molecule has 0 spiro atoms. The third-order valence-corrected chi connectivity index (χ3v) is 2.84. The Labute approximate surface area is 96.6 Å². The zero-order valence-electron chi connectivity index (χ0n) is 10.1. The van der Waals surface area contributed by atoms with Crippen molar-refractivity contribution in [2.75, 3.05) is 13.7 Å². The fourth-order valence-corrected chi connectivity index (χ4v) is 1.59. The summed E-state index contributed by atoms with van der Waals surface area (Å²) >= 11 is 0. The van der Waals surface area contributed by atoms with Gasteiger partial charge in [0.2, 0.25) is 0 Å². The minimum absolute atomic E-state index is 0.00162. The number of ketones is 1. The van der Waals surface area contributed by atoms with Crippen molar-refractivity contribution in [3.8, 4) is 0 Å². The Morgan fingerprint density at radius 2 is 2.12 bits per heavy atom. The molecule has 0 fully saturated rings. The number of benzene rings is 1. The molecule has 0 bridgehead atoms. The van der Waals surface area contributed by atoms with Crippen LogP contribution in [0, 0.1) is 13.8 Å². The molecule has 0 aliphatic carbocycles. The van der Waals surface area contributed by atoms with Crippen molar-refractivity contribution in [1.82, 2.24) is 0 Å². The smallest absolute Gasteiger partial charge is 0.179 e. The van der Waals surface area contributed by atoms with Crippen LogP contribution in [0.5, 0.6) is 0 Å². The van der Waals surface area contributed by atoms with Gasteiger partial charge in [-0.15, -0.1) is 0 Å². The van der Waals surface area contributed by atoms with E-state index in [9.17, 15) is 4.79 Å². The Balaban J connectivity index is 2.84. The molecule has 0 aliphatic rings. The first-order valence-corrected chi connectivity index (χ1v) is 5.43. The Hall–Kier alpha value is -1.19. The van der Waals surface area contributed by atoms with Crippen molar-refractivity contribution >= 4 is 5.78 Å². The van der Waals surface area contributed by atoms with Crippen LogP contribution in [-0.4, -0.2) is 25.5 Å². The highest BCUT2D eigenvalue weighted by molar-refractivity contribution is 6.01. The minimum atomic E-state index is -0.472. The molecule has 16 heavy (non-hydrogen) atoms. The molecule has 0 aromatic heterocycles. The van der Waals surface area contributed by atoms with Gasteiger partial charge in [0.15, 0.2) is 5.78 Å². The number of methoxy groups -OCH3 is 1. The van der Waals surface area contributed by atoms with E-state index in [1.54, 1.807) is 7.11 Å². The molecule has 88 valence electrons. The van der Waals surface area contributed by atoms with Crippen LogP contribution in [0.1, 0.15) is 27.9 Å². The van der Waals surface area contributed by atoms with Gasteiger partial charge in [0.25, 0.3) is 0 Å². The van der Waals surface area contributed by atoms with E-state index >= 15 is 0 Å². The van der Waals surface area contributed by atoms with Gasteiger partial charge in [-0.3, -0.25) is 4.79 Å². The van der Waals surface area contributed by atoms with Crippen molar-refractivity contribution < 1.29 is 9.53 Å². The molecule has 1 aromatic rings. The van der Waals surface area contributed by atoms with E-state index in [0.717, 1.165) is 16.7 Å². The number of rotatable bonds is 5. The largest absolute Gasteiger partial charge is 0.385 e. The number of aryl methyl sites for hydroxylation is 1. The van der Waals surface area contributed by atoms with Gasteiger partial charge < -0.3 is 10.5 Å². The maximum absolute atomic E-state index is 12.0. The number of carbonyl (C=O) groups excluding carboxylic acids is 1. The zero-order valence-corrected chi connectivity index (χ0v) is 10.1. The first-order chi connectivity index (χ1) is 7.57. The van der Waals surface area contributed by atoms with E-state index in [1.807, 2.05) is 32.0 Å². The Kier molecular flexibility index (Phi) is 4.65. The fourth-order valence-electron chi connectivity index (χ4n) is 1.59. The van der Waals surface area contributed by atoms with Crippen molar-refractivity contribution in [1.29, 1.82) is 0 Å². The lowest BCUT2D eigenvalue weighted by atomic mass is 9.95. The number of hydrogen-bond donors (Lipinski definition) is 1. The van der Waals surface area contributed by atoms with Crippen LogP contribution in [0.3, 0.4) is 0 Å². The number of nitrogens with two attached hydrogens (primary N) is 1. The summed E-state index contributed by atoms with van der Waals surface area (Å²) in [5.41, 5.74) is 8.68. The molecular weight excluding hydrogens is 202 g/mol. The highest BCUT2D eigenvalue weighted by Crippen LogP contribution is 2.15. The number of hydrogen-bond acceptors (Lipinski definition) is 3. The maximum atomic E-state index is 12.0. The predicted octanol–water partition coefficient (Wildman–Crippen LogP) is 1.85. The molecule has 3 nitrogen and oxygen atoms in total. The van der Waals surface area contributed by atoms with Gasteiger partial charge in [-0.25, -0.2) is 0 Å². The normalized spacial score (nSPS) is 12.5. The van der Waals surface area contributed by atoms with E-state index in [1.165, 1.54) is 0 Å². The molecule has 0 saturated carbocycles. The summed E-state index contributed by atoms with van der Waals surface area (Å²) in [6, 6.07) is 5.24. The highest BCUT2D eigenvalue weighted by Gasteiger charge is 2.17. The SMILES string of the molecule is COCCC(N)C(=O)c1cccc(C)c1C. The quantitative estimate of drug-likeness (QED) is 0.772. The van der Waals surface area contributed by atoms with E-state index in [4.69, 9.17) is 10.5 Å². The summed E-state index contributed by atoms with van der Waals surface area (Å²) < 4.78 is 4.92. The topological polar surface area (TPSA) is 52.3 Å². The predicted molar refractivity (Wildman–Crippen MR) is 64.7 cm³/mol. The summed E-state index contributed by atoms with van der Waals surface area (Å²) in [4.78, 5) is 12.0. The van der Waals surface area contributed by atoms with Crippen LogP contribution in [0.15, 0.2) is 18.2 Å². The first-order valence-electron chi connectivity index (χ1n) is 5.43. The van der Waals surface area contributed by atoms with Crippen molar-refractivity contribution in [3.63, 3.8) is 0 Å². The summed E-state index contributed by atoms with van der Waals surface area (Å²) in [7, 11) is 1.61. The molecule has 1 aromatic carbocycles. The van der Waals surface area contributed by atoms with Gasteiger partial charge in [0.1, 0.15) is 0 Å². The van der Waals surface area contributed by atoms with Gasteiger partial charge in [0.05, 0.1) is 6.04 Å². The molecule has 0 saturated heterocycles. The zero-order chi connectivity index (χ0) is 12.1. The maximum Gasteiger partial charge on any atom is 0.179 e. The molecule has 0 heterocycles. The van der Waals surface area contributed by atoms with E-state index in [-0.39, 0.29) is 5.78 Å². The van der Waals surface area contributed by atoms with Crippen molar-refractivity contribution in [2.45, 2.75) is 26.3 Å². The molecule has 0 aliphatic heterocycles.